The Morgan fingerprint density at radius 2 is 1.93 bits per heavy atom. The Balaban J connectivity index is 1.30. The van der Waals surface area contributed by atoms with Gasteiger partial charge < -0.3 is 9.64 Å². The van der Waals surface area contributed by atoms with Gasteiger partial charge in [0, 0.05) is 51.5 Å². The number of ether oxygens (including phenoxy) is 1. The smallest absolute Gasteiger partial charge is 0.222 e. The molecule has 2 aromatic rings. The molecule has 2 aliphatic heterocycles. The van der Waals surface area contributed by atoms with Crippen LogP contribution in [0.15, 0.2) is 42.7 Å². The molecule has 0 saturated carbocycles. The van der Waals surface area contributed by atoms with E-state index in [0.29, 0.717) is 17.7 Å². The van der Waals surface area contributed by atoms with Crippen molar-refractivity contribution in [1.29, 1.82) is 0 Å². The molecule has 0 unspecified atom stereocenters. The Labute approximate surface area is 173 Å². The highest BCUT2D eigenvalue weighted by atomic mass is 16.5. The predicted octanol–water partition coefficient (Wildman–Crippen LogP) is 3.11. The van der Waals surface area contributed by atoms with Crippen molar-refractivity contribution in [2.45, 2.75) is 38.6 Å². The highest BCUT2D eigenvalue weighted by molar-refractivity contribution is 5.77. The van der Waals surface area contributed by atoms with Crippen LogP contribution in [-0.4, -0.2) is 65.4 Å². The summed E-state index contributed by atoms with van der Waals surface area (Å²) >= 11 is 0. The second-order valence-electron chi connectivity index (χ2n) is 8.57. The van der Waals surface area contributed by atoms with Crippen molar-refractivity contribution >= 4 is 5.91 Å². The summed E-state index contributed by atoms with van der Waals surface area (Å²) in [5.74, 6) is 0.322. The topological polar surface area (TPSA) is 50.6 Å². The summed E-state index contributed by atoms with van der Waals surface area (Å²) < 4.78 is 7.10. The highest BCUT2D eigenvalue weighted by Crippen LogP contribution is 2.40. The number of carbonyl (C=O) groups excluding carboxylic acids is 1. The predicted molar refractivity (Wildman–Crippen MR) is 113 cm³/mol. The Morgan fingerprint density at radius 1 is 1.14 bits per heavy atom. The molecule has 1 aromatic heterocycles. The van der Waals surface area contributed by atoms with Gasteiger partial charge in [0.2, 0.25) is 5.91 Å². The molecule has 0 atom stereocenters. The summed E-state index contributed by atoms with van der Waals surface area (Å²) in [6.45, 7) is 5.61. The molecule has 3 heterocycles. The molecule has 29 heavy (non-hydrogen) atoms. The van der Waals surface area contributed by atoms with E-state index < -0.39 is 0 Å². The molecule has 0 N–H and O–H groups in total. The van der Waals surface area contributed by atoms with Gasteiger partial charge in [0.15, 0.2) is 0 Å². The molecular weight excluding hydrogens is 364 g/mol. The number of amides is 1. The largest absolute Gasteiger partial charge is 0.385 e. The van der Waals surface area contributed by atoms with E-state index in [1.54, 1.807) is 7.11 Å². The van der Waals surface area contributed by atoms with Crippen molar-refractivity contribution in [3.63, 3.8) is 0 Å². The first kappa shape index (κ1) is 20.1. The third-order valence-corrected chi connectivity index (χ3v) is 6.50. The van der Waals surface area contributed by atoms with Gasteiger partial charge in [-0.05, 0) is 56.3 Å². The second kappa shape index (κ2) is 9.09. The Kier molecular flexibility index (Phi) is 6.31. The first-order chi connectivity index (χ1) is 14.2. The van der Waals surface area contributed by atoms with Crippen LogP contribution in [0.25, 0.3) is 5.69 Å². The van der Waals surface area contributed by atoms with Gasteiger partial charge in [-0.1, -0.05) is 18.2 Å². The average Bonchev–Trinajstić information content (AvgIpc) is 3.22. The number of hydrogen-bond acceptors (Lipinski definition) is 4. The lowest BCUT2D eigenvalue weighted by atomic mass is 9.72. The summed E-state index contributed by atoms with van der Waals surface area (Å²) in [6, 6.07) is 10.2. The van der Waals surface area contributed by atoms with Crippen molar-refractivity contribution in [1.82, 2.24) is 19.6 Å². The number of nitrogens with zero attached hydrogens (tertiary/aromatic N) is 4. The standard InChI is InChI=1S/C23H32N4O2/c1-29-15-5-12-26-19-23(9-8-22(26)28)10-13-25(14-11-23)17-20-16-24-27(18-20)21-6-3-2-4-7-21/h2-4,6-7,16,18H,5,8-15,17,19H2,1H3. The molecule has 1 amide bonds. The first-order valence-electron chi connectivity index (χ1n) is 10.8. The van der Waals surface area contributed by atoms with E-state index in [4.69, 9.17) is 4.74 Å². The van der Waals surface area contributed by atoms with Gasteiger partial charge in [0.1, 0.15) is 0 Å². The summed E-state index contributed by atoms with van der Waals surface area (Å²) in [4.78, 5) is 16.9. The summed E-state index contributed by atoms with van der Waals surface area (Å²) in [6.07, 6.45) is 9.14. The van der Waals surface area contributed by atoms with E-state index in [9.17, 15) is 4.79 Å². The monoisotopic (exact) mass is 396 g/mol. The molecule has 0 radical (unpaired) electrons. The van der Waals surface area contributed by atoms with Gasteiger partial charge in [-0.15, -0.1) is 0 Å². The van der Waals surface area contributed by atoms with Gasteiger partial charge in [-0.25, -0.2) is 4.68 Å². The third-order valence-electron chi connectivity index (χ3n) is 6.50. The number of rotatable bonds is 7. The molecule has 0 bridgehead atoms. The lowest BCUT2D eigenvalue weighted by molar-refractivity contribution is -0.139. The van der Waals surface area contributed by atoms with Gasteiger partial charge >= 0.3 is 0 Å². The van der Waals surface area contributed by atoms with E-state index in [1.807, 2.05) is 29.1 Å². The minimum absolute atomic E-state index is 0.311. The van der Waals surface area contributed by atoms with E-state index in [2.05, 4.69) is 33.2 Å². The van der Waals surface area contributed by atoms with Crippen LogP contribution in [0.5, 0.6) is 0 Å². The van der Waals surface area contributed by atoms with Gasteiger partial charge in [0.05, 0.1) is 11.9 Å². The van der Waals surface area contributed by atoms with Crippen molar-refractivity contribution < 1.29 is 9.53 Å². The van der Waals surface area contributed by atoms with E-state index >= 15 is 0 Å². The molecular formula is C23H32N4O2. The van der Waals surface area contributed by atoms with Crippen molar-refractivity contribution in [2.75, 3.05) is 39.9 Å². The van der Waals surface area contributed by atoms with Gasteiger partial charge in [0.25, 0.3) is 0 Å². The molecule has 2 saturated heterocycles. The number of benzene rings is 1. The zero-order valence-corrected chi connectivity index (χ0v) is 17.4. The molecule has 4 rings (SSSR count). The molecule has 6 heteroatoms. The number of carbonyl (C=O) groups is 1. The normalized spacial score (nSPS) is 19.8. The molecule has 0 aliphatic carbocycles. The highest BCUT2D eigenvalue weighted by Gasteiger charge is 2.40. The second-order valence-corrected chi connectivity index (χ2v) is 8.57. The zero-order chi connectivity index (χ0) is 20.1. The Hall–Kier alpha value is -2.18. The first-order valence-corrected chi connectivity index (χ1v) is 10.8. The SMILES string of the molecule is COCCCN1CC2(CCC1=O)CCN(Cc1cnn(-c3ccccc3)c1)CC2. The number of methoxy groups -OCH3 is 1. The van der Waals surface area contributed by atoms with Crippen molar-refractivity contribution in [3.8, 4) is 5.69 Å². The Bertz CT molecular complexity index is 796. The molecule has 1 aromatic carbocycles. The summed E-state index contributed by atoms with van der Waals surface area (Å²) in [5.41, 5.74) is 2.66. The Morgan fingerprint density at radius 3 is 2.69 bits per heavy atom. The minimum Gasteiger partial charge on any atom is -0.385 e. The lowest BCUT2D eigenvalue weighted by Crippen LogP contribution is -2.51. The molecule has 6 nitrogen and oxygen atoms in total. The zero-order valence-electron chi connectivity index (χ0n) is 17.4. The van der Waals surface area contributed by atoms with E-state index in [0.717, 1.165) is 57.9 Å². The molecule has 156 valence electrons. The maximum absolute atomic E-state index is 12.3. The summed E-state index contributed by atoms with van der Waals surface area (Å²) in [7, 11) is 1.72. The van der Waals surface area contributed by atoms with Gasteiger partial charge in [-0.3, -0.25) is 9.69 Å². The van der Waals surface area contributed by atoms with Crippen LogP contribution in [0, 0.1) is 5.41 Å². The number of piperidine rings is 2. The fourth-order valence-electron chi connectivity index (χ4n) is 4.72. The maximum atomic E-state index is 12.3. The molecule has 2 aliphatic rings. The van der Waals surface area contributed by atoms with Crippen LogP contribution in [0.2, 0.25) is 0 Å². The third kappa shape index (κ3) is 4.87. The number of likely N-dealkylation sites (tertiary alicyclic amines) is 2. The molecule has 2 fully saturated rings. The van der Waals surface area contributed by atoms with Gasteiger partial charge in [-0.2, -0.15) is 5.10 Å². The number of hydrogen-bond donors (Lipinski definition) is 0. The number of aromatic nitrogens is 2. The quantitative estimate of drug-likeness (QED) is 0.675. The lowest BCUT2D eigenvalue weighted by Gasteiger charge is -2.47. The number of para-hydroxylation sites is 1. The van der Waals surface area contributed by atoms with E-state index in [-0.39, 0.29) is 0 Å². The van der Waals surface area contributed by atoms with Crippen molar-refractivity contribution in [2.24, 2.45) is 5.41 Å². The minimum atomic E-state index is 0.311. The fourth-order valence-corrected chi connectivity index (χ4v) is 4.72. The van der Waals surface area contributed by atoms with Crippen LogP contribution in [0.3, 0.4) is 0 Å². The van der Waals surface area contributed by atoms with Crippen molar-refractivity contribution in [3.05, 3.63) is 48.3 Å². The molecule has 1 spiro atoms. The van der Waals surface area contributed by atoms with Crippen LogP contribution < -0.4 is 0 Å². The van der Waals surface area contributed by atoms with Crippen LogP contribution in [0.1, 0.15) is 37.7 Å². The summed E-state index contributed by atoms with van der Waals surface area (Å²) in [5, 5.41) is 4.52. The fraction of sp³-hybridized carbons (Fsp3) is 0.565. The van der Waals surface area contributed by atoms with E-state index in [1.165, 1.54) is 18.4 Å². The van der Waals surface area contributed by atoms with Crippen LogP contribution in [-0.2, 0) is 16.1 Å². The van der Waals surface area contributed by atoms with Crippen LogP contribution >= 0.6 is 0 Å². The average molecular weight is 397 g/mol. The van der Waals surface area contributed by atoms with Crippen LogP contribution in [0.4, 0.5) is 0 Å². The maximum Gasteiger partial charge on any atom is 0.222 e.